The molecular weight excluding hydrogens is 318 g/mol. The zero-order chi connectivity index (χ0) is 15.7. The van der Waals surface area contributed by atoms with Gasteiger partial charge < -0.3 is 10.6 Å². The van der Waals surface area contributed by atoms with Crippen LogP contribution in [0.2, 0.25) is 0 Å². The van der Waals surface area contributed by atoms with Crippen molar-refractivity contribution in [3.05, 3.63) is 33.9 Å². The summed E-state index contributed by atoms with van der Waals surface area (Å²) in [7, 11) is 0. The minimum absolute atomic E-state index is 0. The number of carbonyl (C=O) groups is 1. The van der Waals surface area contributed by atoms with Crippen LogP contribution in [0.15, 0.2) is 18.2 Å². The lowest BCUT2D eigenvalue weighted by atomic mass is 9.89. The van der Waals surface area contributed by atoms with Crippen LogP contribution in [0, 0.1) is 23.0 Å². The summed E-state index contributed by atoms with van der Waals surface area (Å²) in [5.41, 5.74) is 1.38. The van der Waals surface area contributed by atoms with Gasteiger partial charge >= 0.3 is 0 Å². The Kier molecular flexibility index (Phi) is 5.59. The number of halogens is 1. The van der Waals surface area contributed by atoms with Gasteiger partial charge in [0, 0.05) is 30.6 Å². The fourth-order valence-electron chi connectivity index (χ4n) is 3.66. The molecule has 2 saturated heterocycles. The lowest BCUT2D eigenvalue weighted by Gasteiger charge is -2.28. The standard InChI is InChI=1S/C16H21N3O3.ClH/c1-10-2-5-14(19(21)22)9-15(10)18-16(20)8-11-6-12-3-4-13(7-11)17-12;/h2,5,9,11-13,17H,3-4,6-8H2,1H3,(H,18,20);1H. The summed E-state index contributed by atoms with van der Waals surface area (Å²) >= 11 is 0. The molecule has 1 aromatic carbocycles. The monoisotopic (exact) mass is 339 g/mol. The number of nitro benzene ring substituents is 1. The Bertz CT molecular complexity index is 596. The molecule has 6 nitrogen and oxygen atoms in total. The Balaban J connectivity index is 0.00000192. The first-order valence-corrected chi connectivity index (χ1v) is 7.82. The van der Waals surface area contributed by atoms with Gasteiger partial charge in [0.2, 0.25) is 5.91 Å². The predicted molar refractivity (Wildman–Crippen MR) is 91.0 cm³/mol. The van der Waals surface area contributed by atoms with Crippen molar-refractivity contribution >= 4 is 29.7 Å². The first-order valence-electron chi connectivity index (χ1n) is 7.82. The van der Waals surface area contributed by atoms with E-state index in [0.29, 0.717) is 30.1 Å². The molecule has 0 spiro atoms. The molecule has 2 heterocycles. The summed E-state index contributed by atoms with van der Waals surface area (Å²) in [6, 6.07) is 5.68. The number of rotatable bonds is 4. The highest BCUT2D eigenvalue weighted by Crippen LogP contribution is 2.33. The molecule has 2 aliphatic rings. The van der Waals surface area contributed by atoms with Crippen LogP contribution in [-0.4, -0.2) is 22.9 Å². The number of benzene rings is 1. The maximum atomic E-state index is 12.2. The van der Waals surface area contributed by atoms with Gasteiger partial charge in [-0.2, -0.15) is 0 Å². The third-order valence-corrected chi connectivity index (χ3v) is 4.75. The molecule has 2 atom stereocenters. The summed E-state index contributed by atoms with van der Waals surface area (Å²) in [5.74, 6) is 0.368. The average molecular weight is 340 g/mol. The van der Waals surface area contributed by atoms with Gasteiger partial charge in [0.25, 0.3) is 5.69 Å². The minimum Gasteiger partial charge on any atom is -0.326 e. The number of non-ortho nitro benzene ring substituents is 1. The maximum Gasteiger partial charge on any atom is 0.271 e. The minimum atomic E-state index is -0.445. The van der Waals surface area contributed by atoms with Crippen LogP contribution >= 0.6 is 12.4 Å². The molecule has 0 aliphatic carbocycles. The van der Waals surface area contributed by atoms with Crippen LogP contribution < -0.4 is 10.6 Å². The Morgan fingerprint density at radius 2 is 2.00 bits per heavy atom. The van der Waals surface area contributed by atoms with Gasteiger partial charge in [0.05, 0.1) is 10.6 Å². The van der Waals surface area contributed by atoms with Gasteiger partial charge in [-0.3, -0.25) is 14.9 Å². The number of hydrogen-bond donors (Lipinski definition) is 2. The number of carbonyl (C=O) groups excluding carboxylic acids is 1. The van der Waals surface area contributed by atoms with Crippen molar-refractivity contribution in [2.75, 3.05) is 5.32 Å². The molecule has 3 rings (SSSR count). The summed E-state index contributed by atoms with van der Waals surface area (Å²) < 4.78 is 0. The van der Waals surface area contributed by atoms with Crippen molar-refractivity contribution < 1.29 is 9.72 Å². The number of nitro groups is 1. The Hall–Kier alpha value is -1.66. The summed E-state index contributed by atoms with van der Waals surface area (Å²) in [4.78, 5) is 22.6. The van der Waals surface area contributed by atoms with Crippen molar-refractivity contribution in [3.8, 4) is 0 Å². The van der Waals surface area contributed by atoms with Gasteiger partial charge in [-0.05, 0) is 44.1 Å². The van der Waals surface area contributed by atoms with E-state index in [1.165, 1.54) is 25.0 Å². The smallest absolute Gasteiger partial charge is 0.271 e. The van der Waals surface area contributed by atoms with Crippen LogP contribution in [0.4, 0.5) is 11.4 Å². The molecule has 2 N–H and O–H groups in total. The molecule has 23 heavy (non-hydrogen) atoms. The SMILES string of the molecule is Cc1ccc([N+](=O)[O-])cc1NC(=O)CC1CC2CCC(C1)N2.Cl. The van der Waals surface area contributed by atoms with Crippen molar-refractivity contribution in [2.45, 2.75) is 51.1 Å². The molecule has 2 aliphatic heterocycles. The van der Waals surface area contributed by atoms with Crippen LogP contribution in [0.5, 0.6) is 0 Å². The normalized spacial score (nSPS) is 25.5. The van der Waals surface area contributed by atoms with Crippen molar-refractivity contribution in [1.29, 1.82) is 0 Å². The van der Waals surface area contributed by atoms with Crippen LogP contribution in [-0.2, 0) is 4.79 Å². The first kappa shape index (κ1) is 17.7. The van der Waals surface area contributed by atoms with Gasteiger partial charge in [0.1, 0.15) is 0 Å². The molecule has 0 saturated carbocycles. The fraction of sp³-hybridized carbons (Fsp3) is 0.562. The lowest BCUT2D eigenvalue weighted by molar-refractivity contribution is -0.384. The van der Waals surface area contributed by atoms with E-state index >= 15 is 0 Å². The van der Waals surface area contributed by atoms with Gasteiger partial charge in [0.15, 0.2) is 0 Å². The molecule has 126 valence electrons. The summed E-state index contributed by atoms with van der Waals surface area (Å²) in [6.07, 6.45) is 5.03. The Morgan fingerprint density at radius 1 is 1.35 bits per heavy atom. The highest BCUT2D eigenvalue weighted by molar-refractivity contribution is 5.92. The Labute approximate surface area is 141 Å². The summed E-state index contributed by atoms with van der Waals surface area (Å²) in [5, 5.41) is 17.2. The fourth-order valence-corrected chi connectivity index (χ4v) is 3.66. The quantitative estimate of drug-likeness (QED) is 0.651. The second-order valence-electron chi connectivity index (χ2n) is 6.48. The predicted octanol–water partition coefficient (Wildman–Crippen LogP) is 3.18. The number of piperidine rings is 1. The van der Waals surface area contributed by atoms with E-state index in [-0.39, 0.29) is 24.0 Å². The van der Waals surface area contributed by atoms with Gasteiger partial charge in [-0.1, -0.05) is 6.07 Å². The molecule has 2 fully saturated rings. The van der Waals surface area contributed by atoms with Crippen molar-refractivity contribution in [2.24, 2.45) is 5.92 Å². The van der Waals surface area contributed by atoms with E-state index in [0.717, 1.165) is 18.4 Å². The highest BCUT2D eigenvalue weighted by atomic mass is 35.5. The molecule has 1 amide bonds. The number of fused-ring (bicyclic) bond motifs is 2. The molecular formula is C16H22ClN3O3. The first-order chi connectivity index (χ1) is 10.5. The second-order valence-corrected chi connectivity index (χ2v) is 6.48. The zero-order valence-corrected chi connectivity index (χ0v) is 13.9. The summed E-state index contributed by atoms with van der Waals surface area (Å²) in [6.45, 7) is 1.84. The molecule has 0 aromatic heterocycles. The molecule has 2 unspecified atom stereocenters. The highest BCUT2D eigenvalue weighted by Gasteiger charge is 2.34. The largest absolute Gasteiger partial charge is 0.326 e. The number of aryl methyl sites for hydroxylation is 1. The Morgan fingerprint density at radius 3 is 2.61 bits per heavy atom. The van der Waals surface area contributed by atoms with Crippen molar-refractivity contribution in [1.82, 2.24) is 5.32 Å². The van der Waals surface area contributed by atoms with E-state index in [1.54, 1.807) is 6.07 Å². The molecule has 0 radical (unpaired) electrons. The maximum absolute atomic E-state index is 12.2. The number of amides is 1. The van der Waals surface area contributed by atoms with Gasteiger partial charge in [-0.25, -0.2) is 0 Å². The molecule has 1 aromatic rings. The van der Waals surface area contributed by atoms with Crippen LogP contribution in [0.3, 0.4) is 0 Å². The number of anilines is 1. The van der Waals surface area contributed by atoms with E-state index in [4.69, 9.17) is 0 Å². The van der Waals surface area contributed by atoms with Crippen molar-refractivity contribution in [3.63, 3.8) is 0 Å². The third-order valence-electron chi connectivity index (χ3n) is 4.75. The molecule has 7 heteroatoms. The number of hydrogen-bond acceptors (Lipinski definition) is 4. The number of nitrogens with one attached hydrogen (secondary N) is 2. The van der Waals surface area contributed by atoms with Crippen LogP contribution in [0.1, 0.15) is 37.7 Å². The van der Waals surface area contributed by atoms with Gasteiger partial charge in [-0.15, -0.1) is 12.4 Å². The topological polar surface area (TPSA) is 84.3 Å². The van der Waals surface area contributed by atoms with E-state index in [1.807, 2.05) is 6.92 Å². The lowest BCUT2D eigenvalue weighted by Crippen LogP contribution is -2.39. The zero-order valence-electron chi connectivity index (χ0n) is 13.1. The van der Waals surface area contributed by atoms with Crippen LogP contribution in [0.25, 0.3) is 0 Å². The third kappa shape index (κ3) is 4.20. The van der Waals surface area contributed by atoms with E-state index < -0.39 is 4.92 Å². The van der Waals surface area contributed by atoms with E-state index in [2.05, 4.69) is 10.6 Å². The second kappa shape index (κ2) is 7.27. The van der Waals surface area contributed by atoms with E-state index in [9.17, 15) is 14.9 Å². The molecule has 2 bridgehead atoms. The average Bonchev–Trinajstić information content (AvgIpc) is 2.80. The number of nitrogens with zero attached hydrogens (tertiary/aromatic N) is 1.